The lowest BCUT2D eigenvalue weighted by Gasteiger charge is -1.92. The van der Waals surface area contributed by atoms with Crippen molar-refractivity contribution in [1.29, 1.82) is 0 Å². The van der Waals surface area contributed by atoms with Crippen molar-refractivity contribution in [1.82, 2.24) is 4.98 Å². The van der Waals surface area contributed by atoms with Gasteiger partial charge in [0, 0.05) is 12.4 Å². The van der Waals surface area contributed by atoms with Gasteiger partial charge in [-0.05, 0) is 24.6 Å². The minimum Gasteiger partial charge on any atom is -0.411 e. The molecule has 0 aliphatic rings. The van der Waals surface area contributed by atoms with Gasteiger partial charge in [0.15, 0.2) is 0 Å². The fraction of sp³-hybridized carbons (Fsp3) is 0.111. The zero-order valence-electron chi connectivity index (χ0n) is 7.11. The van der Waals surface area contributed by atoms with E-state index in [1.54, 1.807) is 37.5 Å². The van der Waals surface area contributed by atoms with Crippen molar-refractivity contribution < 1.29 is 5.21 Å². The molecule has 0 spiro atoms. The molecule has 1 rings (SSSR count). The Morgan fingerprint density at radius 2 is 2.38 bits per heavy atom. The minimum absolute atomic E-state index is 0.528. The minimum atomic E-state index is 0.528. The highest BCUT2D eigenvalue weighted by atomic mass is 35.5. The topological polar surface area (TPSA) is 45.5 Å². The maximum atomic E-state index is 8.36. The van der Waals surface area contributed by atoms with E-state index in [9.17, 15) is 0 Å². The second kappa shape index (κ2) is 4.62. The quantitative estimate of drug-likeness (QED) is 0.449. The third-order valence-electron chi connectivity index (χ3n) is 1.40. The fourth-order valence-electron chi connectivity index (χ4n) is 0.770. The number of nitrogens with zero attached hydrogens (tertiary/aromatic N) is 2. The maximum Gasteiger partial charge on any atom is 0.0765 e. The van der Waals surface area contributed by atoms with E-state index in [1.165, 1.54) is 0 Å². The summed E-state index contributed by atoms with van der Waals surface area (Å²) < 4.78 is 0. The number of allylic oxidation sites excluding steroid dienone is 1. The highest BCUT2D eigenvalue weighted by molar-refractivity contribution is 6.30. The first-order valence-electron chi connectivity index (χ1n) is 3.69. The van der Waals surface area contributed by atoms with Gasteiger partial charge in [-0.25, -0.2) is 0 Å². The Morgan fingerprint density at radius 3 is 3.00 bits per heavy atom. The standard InChI is InChI=1S/C9H9ClN2O/c1-7(12-13)2-3-8-4-9(10)6-11-5-8/h2-6,13H,1H3/b3-2+,12-7+. The molecule has 3 nitrogen and oxygen atoms in total. The van der Waals surface area contributed by atoms with Crippen LogP contribution in [0.4, 0.5) is 0 Å². The van der Waals surface area contributed by atoms with Crippen molar-refractivity contribution in [3.8, 4) is 0 Å². The summed E-state index contributed by atoms with van der Waals surface area (Å²) in [5.41, 5.74) is 1.40. The molecule has 4 heteroatoms. The molecule has 13 heavy (non-hydrogen) atoms. The van der Waals surface area contributed by atoms with E-state index in [2.05, 4.69) is 10.1 Å². The molecule has 0 aliphatic carbocycles. The average molecular weight is 197 g/mol. The van der Waals surface area contributed by atoms with Crippen LogP contribution in [0.2, 0.25) is 5.02 Å². The fourth-order valence-corrected chi connectivity index (χ4v) is 0.952. The monoisotopic (exact) mass is 196 g/mol. The summed E-state index contributed by atoms with van der Waals surface area (Å²) in [6.07, 6.45) is 6.68. The van der Waals surface area contributed by atoms with Gasteiger partial charge in [0.2, 0.25) is 0 Å². The van der Waals surface area contributed by atoms with Crippen LogP contribution < -0.4 is 0 Å². The summed E-state index contributed by atoms with van der Waals surface area (Å²) in [6.45, 7) is 1.69. The Morgan fingerprint density at radius 1 is 1.62 bits per heavy atom. The summed E-state index contributed by atoms with van der Waals surface area (Å²) in [5.74, 6) is 0. The van der Waals surface area contributed by atoms with Crippen LogP contribution in [0, 0.1) is 0 Å². The van der Waals surface area contributed by atoms with Crippen LogP contribution in [0.25, 0.3) is 6.08 Å². The van der Waals surface area contributed by atoms with E-state index in [1.807, 2.05) is 0 Å². The second-order valence-corrected chi connectivity index (χ2v) is 2.95. The largest absolute Gasteiger partial charge is 0.411 e. The predicted molar refractivity (Wildman–Crippen MR) is 53.2 cm³/mol. The number of hydrogen-bond donors (Lipinski definition) is 1. The Balaban J connectivity index is 2.80. The third kappa shape index (κ3) is 3.25. The van der Waals surface area contributed by atoms with Crippen molar-refractivity contribution in [2.24, 2.45) is 5.16 Å². The SMILES string of the molecule is CC(/C=C/c1cncc(Cl)c1)=N\O. The molecule has 1 heterocycles. The van der Waals surface area contributed by atoms with Crippen molar-refractivity contribution in [3.05, 3.63) is 35.1 Å². The summed E-state index contributed by atoms with van der Waals surface area (Å²) in [6, 6.07) is 1.77. The number of pyridine rings is 1. The highest BCUT2D eigenvalue weighted by Gasteiger charge is 1.90. The van der Waals surface area contributed by atoms with Gasteiger partial charge < -0.3 is 5.21 Å². The van der Waals surface area contributed by atoms with E-state index in [0.29, 0.717) is 10.7 Å². The van der Waals surface area contributed by atoms with E-state index >= 15 is 0 Å². The predicted octanol–water partition coefficient (Wildman–Crippen LogP) is 2.60. The van der Waals surface area contributed by atoms with Gasteiger partial charge >= 0.3 is 0 Å². The molecule has 0 unspecified atom stereocenters. The number of aromatic nitrogens is 1. The molecule has 0 aromatic carbocycles. The van der Waals surface area contributed by atoms with Gasteiger partial charge in [0.25, 0.3) is 0 Å². The van der Waals surface area contributed by atoms with Crippen LogP contribution in [-0.2, 0) is 0 Å². The lowest BCUT2D eigenvalue weighted by atomic mass is 10.2. The van der Waals surface area contributed by atoms with Crippen LogP contribution in [-0.4, -0.2) is 15.9 Å². The van der Waals surface area contributed by atoms with Crippen LogP contribution >= 0.6 is 11.6 Å². The van der Waals surface area contributed by atoms with Crippen molar-refractivity contribution in [3.63, 3.8) is 0 Å². The summed E-state index contributed by atoms with van der Waals surface area (Å²) in [4.78, 5) is 3.90. The van der Waals surface area contributed by atoms with Gasteiger partial charge in [-0.1, -0.05) is 22.8 Å². The number of rotatable bonds is 2. The summed E-state index contributed by atoms with van der Waals surface area (Å²) in [5, 5.41) is 11.9. The molecule has 0 bridgehead atoms. The molecule has 0 aliphatic heterocycles. The zero-order valence-corrected chi connectivity index (χ0v) is 7.86. The van der Waals surface area contributed by atoms with Gasteiger partial charge in [-0.2, -0.15) is 0 Å². The molecule has 68 valence electrons. The first-order valence-corrected chi connectivity index (χ1v) is 4.07. The Bertz CT molecular complexity index is 347. The van der Waals surface area contributed by atoms with E-state index in [4.69, 9.17) is 16.8 Å². The van der Waals surface area contributed by atoms with Gasteiger partial charge in [-0.15, -0.1) is 0 Å². The second-order valence-electron chi connectivity index (χ2n) is 2.51. The first-order chi connectivity index (χ1) is 6.22. The number of hydrogen-bond acceptors (Lipinski definition) is 3. The van der Waals surface area contributed by atoms with Gasteiger partial charge in [0.1, 0.15) is 0 Å². The molecule has 1 aromatic heterocycles. The Hall–Kier alpha value is -1.35. The number of oxime groups is 1. The molecular weight excluding hydrogens is 188 g/mol. The van der Waals surface area contributed by atoms with E-state index in [0.717, 1.165) is 5.56 Å². The normalized spacial score (nSPS) is 12.3. The van der Waals surface area contributed by atoms with Gasteiger partial charge in [0.05, 0.1) is 10.7 Å². The molecule has 0 saturated heterocycles. The summed E-state index contributed by atoms with van der Waals surface area (Å²) >= 11 is 5.72. The zero-order chi connectivity index (χ0) is 9.68. The van der Waals surface area contributed by atoms with Crippen molar-refractivity contribution >= 4 is 23.4 Å². The Labute approximate surface area is 81.4 Å². The van der Waals surface area contributed by atoms with Crippen LogP contribution in [0.1, 0.15) is 12.5 Å². The smallest absolute Gasteiger partial charge is 0.0765 e. The molecule has 0 atom stereocenters. The van der Waals surface area contributed by atoms with Crippen molar-refractivity contribution in [2.45, 2.75) is 6.92 Å². The van der Waals surface area contributed by atoms with Crippen LogP contribution in [0.3, 0.4) is 0 Å². The maximum absolute atomic E-state index is 8.36. The molecule has 1 aromatic rings. The van der Waals surface area contributed by atoms with Gasteiger partial charge in [-0.3, -0.25) is 4.98 Å². The summed E-state index contributed by atoms with van der Waals surface area (Å²) in [7, 11) is 0. The van der Waals surface area contributed by atoms with Crippen LogP contribution in [0.5, 0.6) is 0 Å². The third-order valence-corrected chi connectivity index (χ3v) is 1.61. The molecular formula is C9H9ClN2O. The lowest BCUT2D eigenvalue weighted by Crippen LogP contribution is -1.83. The lowest BCUT2D eigenvalue weighted by molar-refractivity contribution is 0.319. The molecule has 0 fully saturated rings. The number of halogens is 1. The van der Waals surface area contributed by atoms with E-state index in [-0.39, 0.29) is 0 Å². The molecule has 0 saturated carbocycles. The highest BCUT2D eigenvalue weighted by Crippen LogP contribution is 2.09. The van der Waals surface area contributed by atoms with Crippen LogP contribution in [0.15, 0.2) is 29.7 Å². The van der Waals surface area contributed by atoms with E-state index < -0.39 is 0 Å². The molecule has 0 amide bonds. The average Bonchev–Trinajstić information content (AvgIpc) is 2.14. The van der Waals surface area contributed by atoms with Crippen molar-refractivity contribution in [2.75, 3.05) is 0 Å². The first kappa shape index (κ1) is 9.74. The molecule has 1 N–H and O–H groups in total. The Kier molecular flexibility index (Phi) is 3.46. The molecule has 0 radical (unpaired) electrons.